The molecule has 25 heavy (non-hydrogen) atoms. The maximum Gasteiger partial charge on any atom is 0.228 e. The Morgan fingerprint density at radius 2 is 2.08 bits per heavy atom. The zero-order chi connectivity index (χ0) is 17.4. The van der Waals surface area contributed by atoms with Crippen LogP contribution < -0.4 is 10.2 Å². The number of nitrogens with zero attached hydrogens (tertiary/aromatic N) is 5. The molecule has 7 nitrogen and oxygen atoms in total. The maximum atomic E-state index is 11.9. The topological polar surface area (TPSA) is 75.9 Å². The third-order valence-corrected chi connectivity index (χ3v) is 4.58. The van der Waals surface area contributed by atoms with Crippen molar-refractivity contribution in [2.45, 2.75) is 26.2 Å². The number of pyridine rings is 2. The van der Waals surface area contributed by atoms with Gasteiger partial charge in [0.15, 0.2) is 0 Å². The number of hydrogen-bond acceptors (Lipinski definition) is 5. The van der Waals surface area contributed by atoms with Crippen LogP contribution in [-0.4, -0.2) is 32.0 Å². The van der Waals surface area contributed by atoms with E-state index in [2.05, 4.69) is 27.2 Å². The van der Waals surface area contributed by atoms with Crippen LogP contribution in [0, 0.1) is 0 Å². The van der Waals surface area contributed by atoms with Crippen LogP contribution in [0.25, 0.3) is 11.0 Å². The SMILES string of the molecule is CCc1cc(N2CCCC2=O)ncc1Nc1cc2c(cn1)ncn2C. The van der Waals surface area contributed by atoms with Crippen LogP contribution in [0.3, 0.4) is 0 Å². The Bertz CT molecular complexity index is 948. The fourth-order valence-corrected chi connectivity index (χ4v) is 3.16. The van der Waals surface area contributed by atoms with E-state index in [4.69, 9.17) is 0 Å². The van der Waals surface area contributed by atoms with E-state index in [9.17, 15) is 4.79 Å². The van der Waals surface area contributed by atoms with Gasteiger partial charge in [0.05, 0.1) is 29.9 Å². The Kier molecular flexibility index (Phi) is 3.83. The van der Waals surface area contributed by atoms with Gasteiger partial charge in [0.1, 0.15) is 17.2 Å². The average Bonchev–Trinajstić information content (AvgIpc) is 3.21. The van der Waals surface area contributed by atoms with E-state index in [1.807, 2.05) is 23.7 Å². The largest absolute Gasteiger partial charge is 0.339 e. The first-order chi connectivity index (χ1) is 12.2. The molecule has 128 valence electrons. The molecule has 0 bridgehead atoms. The molecule has 7 heteroatoms. The molecule has 1 fully saturated rings. The molecule has 0 saturated carbocycles. The molecule has 1 amide bonds. The molecule has 1 aliphatic rings. The van der Waals surface area contributed by atoms with Gasteiger partial charge in [-0.1, -0.05) is 6.92 Å². The normalized spacial score (nSPS) is 14.5. The number of aromatic nitrogens is 4. The Labute approximate surface area is 145 Å². The summed E-state index contributed by atoms with van der Waals surface area (Å²) >= 11 is 0. The van der Waals surface area contributed by atoms with Gasteiger partial charge in [0, 0.05) is 26.1 Å². The number of hydrogen-bond donors (Lipinski definition) is 1. The smallest absolute Gasteiger partial charge is 0.228 e. The molecule has 0 spiro atoms. The zero-order valence-corrected chi connectivity index (χ0v) is 14.4. The Hall–Kier alpha value is -2.96. The molecule has 3 aromatic heterocycles. The van der Waals surface area contributed by atoms with Gasteiger partial charge in [0.2, 0.25) is 5.91 Å². The third kappa shape index (κ3) is 2.82. The van der Waals surface area contributed by atoms with E-state index in [1.165, 1.54) is 0 Å². The van der Waals surface area contributed by atoms with E-state index >= 15 is 0 Å². The second kappa shape index (κ2) is 6.16. The van der Waals surface area contributed by atoms with Crippen molar-refractivity contribution >= 4 is 34.3 Å². The first-order valence-corrected chi connectivity index (χ1v) is 8.49. The lowest BCUT2D eigenvalue weighted by Gasteiger charge is -2.17. The van der Waals surface area contributed by atoms with E-state index in [0.717, 1.165) is 53.3 Å². The second-order valence-corrected chi connectivity index (χ2v) is 6.24. The van der Waals surface area contributed by atoms with Crippen molar-refractivity contribution in [2.24, 2.45) is 7.05 Å². The van der Waals surface area contributed by atoms with Crippen molar-refractivity contribution in [3.8, 4) is 0 Å². The summed E-state index contributed by atoms with van der Waals surface area (Å²) in [6.45, 7) is 2.84. The van der Waals surface area contributed by atoms with Crippen LogP contribution in [0.1, 0.15) is 25.3 Å². The van der Waals surface area contributed by atoms with Crippen LogP contribution >= 0.6 is 0 Å². The van der Waals surface area contributed by atoms with E-state index in [1.54, 1.807) is 23.6 Å². The summed E-state index contributed by atoms with van der Waals surface area (Å²) in [6, 6.07) is 3.97. The number of carbonyl (C=O) groups is 1. The molecular weight excluding hydrogens is 316 g/mol. The molecule has 4 rings (SSSR count). The summed E-state index contributed by atoms with van der Waals surface area (Å²) in [7, 11) is 1.96. The lowest BCUT2D eigenvalue weighted by molar-refractivity contribution is -0.117. The predicted molar refractivity (Wildman–Crippen MR) is 97.0 cm³/mol. The summed E-state index contributed by atoms with van der Waals surface area (Å²) in [6.07, 6.45) is 7.67. The van der Waals surface area contributed by atoms with Crippen LogP contribution in [0.4, 0.5) is 17.3 Å². The van der Waals surface area contributed by atoms with Crippen molar-refractivity contribution in [3.05, 3.63) is 36.4 Å². The highest BCUT2D eigenvalue weighted by Crippen LogP contribution is 2.27. The predicted octanol–water partition coefficient (Wildman–Crippen LogP) is 2.80. The zero-order valence-electron chi connectivity index (χ0n) is 14.4. The van der Waals surface area contributed by atoms with Crippen molar-refractivity contribution in [2.75, 3.05) is 16.8 Å². The molecule has 0 aromatic carbocycles. The highest BCUT2D eigenvalue weighted by atomic mass is 16.2. The minimum Gasteiger partial charge on any atom is -0.339 e. The fraction of sp³-hybridized carbons (Fsp3) is 0.333. The van der Waals surface area contributed by atoms with Crippen molar-refractivity contribution in [1.29, 1.82) is 0 Å². The minimum absolute atomic E-state index is 0.151. The van der Waals surface area contributed by atoms with Crippen molar-refractivity contribution < 1.29 is 4.79 Å². The summed E-state index contributed by atoms with van der Waals surface area (Å²) in [5.74, 6) is 1.64. The van der Waals surface area contributed by atoms with Crippen LogP contribution in [0.2, 0.25) is 0 Å². The third-order valence-electron chi connectivity index (χ3n) is 4.58. The molecule has 0 radical (unpaired) electrons. The van der Waals surface area contributed by atoms with Gasteiger partial charge in [-0.3, -0.25) is 9.69 Å². The van der Waals surface area contributed by atoms with Crippen molar-refractivity contribution in [3.63, 3.8) is 0 Å². The molecule has 4 heterocycles. The van der Waals surface area contributed by atoms with Gasteiger partial charge in [-0.05, 0) is 24.5 Å². The van der Waals surface area contributed by atoms with Gasteiger partial charge in [-0.25, -0.2) is 15.0 Å². The van der Waals surface area contributed by atoms with Gasteiger partial charge >= 0.3 is 0 Å². The van der Waals surface area contributed by atoms with Gasteiger partial charge in [-0.2, -0.15) is 0 Å². The molecule has 0 atom stereocenters. The van der Waals surface area contributed by atoms with E-state index in [0.29, 0.717) is 6.42 Å². The number of amides is 1. The van der Waals surface area contributed by atoms with E-state index < -0.39 is 0 Å². The minimum atomic E-state index is 0.151. The molecule has 1 N–H and O–H groups in total. The summed E-state index contributed by atoms with van der Waals surface area (Å²) in [5.41, 5.74) is 3.90. The number of rotatable bonds is 4. The van der Waals surface area contributed by atoms with E-state index in [-0.39, 0.29) is 5.91 Å². The molecule has 1 aliphatic heterocycles. The average molecular weight is 336 g/mol. The number of fused-ring (bicyclic) bond motifs is 1. The number of carbonyl (C=O) groups excluding carboxylic acids is 1. The summed E-state index contributed by atoms with van der Waals surface area (Å²) in [5, 5.41) is 3.34. The molecule has 3 aromatic rings. The highest BCUT2D eigenvalue weighted by molar-refractivity contribution is 5.94. The number of aryl methyl sites for hydroxylation is 2. The second-order valence-electron chi connectivity index (χ2n) is 6.24. The Balaban J connectivity index is 1.64. The highest BCUT2D eigenvalue weighted by Gasteiger charge is 2.23. The van der Waals surface area contributed by atoms with Gasteiger partial charge < -0.3 is 9.88 Å². The molecule has 0 unspecified atom stereocenters. The van der Waals surface area contributed by atoms with Crippen LogP contribution in [-0.2, 0) is 18.3 Å². The monoisotopic (exact) mass is 336 g/mol. The first kappa shape index (κ1) is 15.6. The summed E-state index contributed by atoms with van der Waals surface area (Å²) in [4.78, 5) is 26.9. The maximum absolute atomic E-state index is 11.9. The number of nitrogens with one attached hydrogen (secondary N) is 1. The number of anilines is 3. The Morgan fingerprint density at radius 1 is 1.20 bits per heavy atom. The Morgan fingerprint density at radius 3 is 2.84 bits per heavy atom. The molecular formula is C18H20N6O. The number of imidazole rings is 1. The quantitative estimate of drug-likeness (QED) is 0.793. The van der Waals surface area contributed by atoms with Gasteiger partial charge in [-0.15, -0.1) is 0 Å². The van der Waals surface area contributed by atoms with Gasteiger partial charge in [0.25, 0.3) is 0 Å². The lowest BCUT2D eigenvalue weighted by Crippen LogP contribution is -2.24. The van der Waals surface area contributed by atoms with Crippen LogP contribution in [0.15, 0.2) is 30.9 Å². The molecule has 1 saturated heterocycles. The van der Waals surface area contributed by atoms with Crippen molar-refractivity contribution in [1.82, 2.24) is 19.5 Å². The van der Waals surface area contributed by atoms with Crippen LogP contribution in [0.5, 0.6) is 0 Å². The lowest BCUT2D eigenvalue weighted by atomic mass is 10.1. The fourth-order valence-electron chi connectivity index (χ4n) is 3.16. The summed E-state index contributed by atoms with van der Waals surface area (Å²) < 4.78 is 1.96. The standard InChI is InChI=1S/C18H20N6O/c1-3-12-7-17(24-6-4-5-18(24)25)20-9-13(12)22-16-8-15-14(10-19-16)21-11-23(15)2/h7-11H,3-6H2,1-2H3,(H,19,22). The first-order valence-electron chi connectivity index (χ1n) is 8.49. The molecule has 0 aliphatic carbocycles.